The van der Waals surface area contributed by atoms with E-state index in [2.05, 4.69) is 20.8 Å². The molecule has 0 bridgehead atoms. The smallest absolute Gasteiger partial charge is 0.315 e. The Kier molecular flexibility index (Phi) is 5.27. The summed E-state index contributed by atoms with van der Waals surface area (Å²) in [6.07, 6.45) is 0. The average Bonchev–Trinajstić information content (AvgIpc) is 2.66. The second kappa shape index (κ2) is 6.52. The molecule has 15 heavy (non-hydrogen) atoms. The summed E-state index contributed by atoms with van der Waals surface area (Å²) in [5.41, 5.74) is 0. The van der Waals surface area contributed by atoms with Gasteiger partial charge in [0.15, 0.2) is 0 Å². The monoisotopic (exact) mass is 232 g/mol. The summed E-state index contributed by atoms with van der Waals surface area (Å²) in [6.45, 7) is 3.03. The number of anilines is 1. The minimum atomic E-state index is -0.762. The van der Waals surface area contributed by atoms with Crippen molar-refractivity contribution in [1.29, 1.82) is 0 Å². The van der Waals surface area contributed by atoms with Crippen molar-refractivity contribution < 1.29 is 8.63 Å². The third-order valence-corrected chi connectivity index (χ3v) is 3.03. The zero-order valence-electron chi connectivity index (χ0n) is 8.95. The first-order valence-electron chi connectivity index (χ1n) is 4.82. The molecule has 0 spiro atoms. The molecule has 6 nitrogen and oxygen atoms in total. The minimum Gasteiger partial charge on any atom is -0.407 e. The minimum absolute atomic E-state index is 0.383. The summed E-state index contributed by atoms with van der Waals surface area (Å²) >= 11 is 0. The van der Waals surface area contributed by atoms with Gasteiger partial charge in [0.2, 0.25) is 5.89 Å². The Hall–Kier alpha value is -0.950. The van der Waals surface area contributed by atoms with Gasteiger partial charge in [0, 0.05) is 28.9 Å². The Morgan fingerprint density at radius 2 is 2.27 bits per heavy atom. The van der Waals surface area contributed by atoms with Gasteiger partial charge < -0.3 is 15.1 Å². The highest BCUT2D eigenvalue weighted by molar-refractivity contribution is 7.84. The molecule has 1 atom stereocenters. The van der Waals surface area contributed by atoms with Crippen LogP contribution in [0.25, 0.3) is 0 Å². The maximum atomic E-state index is 11.1. The summed E-state index contributed by atoms with van der Waals surface area (Å²) in [7, 11) is 1.05. The predicted molar refractivity (Wildman–Crippen MR) is 59.1 cm³/mol. The van der Waals surface area contributed by atoms with E-state index in [9.17, 15) is 4.21 Å². The first-order valence-corrected chi connectivity index (χ1v) is 6.31. The van der Waals surface area contributed by atoms with Crippen LogP contribution in [0.5, 0.6) is 0 Å². The lowest BCUT2D eigenvalue weighted by atomic mass is 10.6. The topological polar surface area (TPSA) is 80.0 Å². The van der Waals surface area contributed by atoms with Gasteiger partial charge in [-0.25, -0.2) is 0 Å². The molecule has 2 N–H and O–H groups in total. The molecule has 0 saturated carbocycles. The van der Waals surface area contributed by atoms with Gasteiger partial charge in [-0.1, -0.05) is 12.0 Å². The van der Waals surface area contributed by atoms with Crippen LogP contribution in [0, 0.1) is 0 Å². The second-order valence-corrected chi connectivity index (χ2v) is 4.76. The van der Waals surface area contributed by atoms with Crippen LogP contribution in [0.4, 0.5) is 6.01 Å². The molecule has 0 aromatic carbocycles. The van der Waals surface area contributed by atoms with Crippen molar-refractivity contribution in [2.75, 3.05) is 30.4 Å². The molecule has 0 aliphatic heterocycles. The van der Waals surface area contributed by atoms with Gasteiger partial charge in [-0.05, 0) is 7.05 Å². The molecule has 1 aromatic rings. The largest absolute Gasteiger partial charge is 0.407 e. The maximum Gasteiger partial charge on any atom is 0.315 e. The Morgan fingerprint density at radius 1 is 1.47 bits per heavy atom. The van der Waals surface area contributed by atoms with Gasteiger partial charge in [-0.15, -0.1) is 5.10 Å². The van der Waals surface area contributed by atoms with Gasteiger partial charge in [0.25, 0.3) is 0 Å². The van der Waals surface area contributed by atoms with Crippen LogP contribution in [0.2, 0.25) is 0 Å². The van der Waals surface area contributed by atoms with E-state index in [1.807, 2.05) is 14.0 Å². The molecular formula is C8H16N4O2S. The van der Waals surface area contributed by atoms with E-state index in [0.29, 0.717) is 36.5 Å². The highest BCUT2D eigenvalue weighted by Crippen LogP contribution is 2.04. The first kappa shape index (κ1) is 12.1. The molecule has 0 amide bonds. The van der Waals surface area contributed by atoms with E-state index in [1.54, 1.807) is 0 Å². The molecule has 7 heteroatoms. The third-order valence-electron chi connectivity index (χ3n) is 1.72. The zero-order valence-corrected chi connectivity index (χ0v) is 9.76. The zero-order chi connectivity index (χ0) is 11.1. The molecule has 1 rings (SSSR count). The lowest BCUT2D eigenvalue weighted by Crippen LogP contribution is -2.12. The molecule has 0 aliphatic rings. The van der Waals surface area contributed by atoms with Gasteiger partial charge in [-0.3, -0.25) is 4.21 Å². The number of nitrogens with one attached hydrogen (secondary N) is 2. The molecular weight excluding hydrogens is 216 g/mol. The van der Waals surface area contributed by atoms with E-state index in [4.69, 9.17) is 4.42 Å². The Morgan fingerprint density at radius 3 is 2.93 bits per heavy atom. The Labute approximate surface area is 91.3 Å². The van der Waals surface area contributed by atoms with E-state index in [-0.39, 0.29) is 0 Å². The fraction of sp³-hybridized carbons (Fsp3) is 0.750. The molecule has 1 aromatic heterocycles. The van der Waals surface area contributed by atoms with Crippen LogP contribution in [0.15, 0.2) is 4.42 Å². The van der Waals surface area contributed by atoms with Crippen molar-refractivity contribution in [2.24, 2.45) is 0 Å². The number of hydrogen-bond acceptors (Lipinski definition) is 6. The van der Waals surface area contributed by atoms with Crippen molar-refractivity contribution in [3.05, 3.63) is 5.89 Å². The van der Waals surface area contributed by atoms with E-state index < -0.39 is 10.8 Å². The van der Waals surface area contributed by atoms with Crippen LogP contribution in [-0.4, -0.2) is 39.5 Å². The highest BCUT2D eigenvalue weighted by Gasteiger charge is 2.04. The third kappa shape index (κ3) is 4.39. The van der Waals surface area contributed by atoms with Gasteiger partial charge in [0.05, 0.1) is 6.54 Å². The quantitative estimate of drug-likeness (QED) is 0.687. The summed E-state index contributed by atoms with van der Waals surface area (Å²) in [4.78, 5) is 0. The first-order chi connectivity index (χ1) is 7.26. The van der Waals surface area contributed by atoms with Crippen molar-refractivity contribution in [2.45, 2.75) is 13.5 Å². The maximum absolute atomic E-state index is 11.1. The number of rotatable bonds is 7. The summed E-state index contributed by atoms with van der Waals surface area (Å²) in [6, 6.07) is 0.383. The lowest BCUT2D eigenvalue weighted by molar-refractivity contribution is 0.490. The van der Waals surface area contributed by atoms with Gasteiger partial charge in [0.1, 0.15) is 0 Å². The second-order valence-electron chi connectivity index (χ2n) is 2.89. The Balaban J connectivity index is 2.28. The van der Waals surface area contributed by atoms with Gasteiger partial charge >= 0.3 is 6.01 Å². The number of hydrogen-bond donors (Lipinski definition) is 2. The fourth-order valence-electron chi connectivity index (χ4n) is 0.964. The average molecular weight is 232 g/mol. The number of nitrogens with zero attached hydrogens (tertiary/aromatic N) is 2. The highest BCUT2D eigenvalue weighted by atomic mass is 32.2. The Bertz CT molecular complexity index is 315. The SMILES string of the molecule is CCS(=O)CCNc1nnc(CNC)o1. The molecule has 0 radical (unpaired) electrons. The molecule has 0 aliphatic carbocycles. The van der Waals surface area contributed by atoms with Crippen molar-refractivity contribution in [3.63, 3.8) is 0 Å². The lowest BCUT2D eigenvalue weighted by Gasteiger charge is -1.99. The molecule has 0 saturated heterocycles. The molecule has 1 unspecified atom stereocenters. The normalized spacial score (nSPS) is 12.7. The van der Waals surface area contributed by atoms with E-state index >= 15 is 0 Å². The van der Waals surface area contributed by atoms with Gasteiger partial charge in [-0.2, -0.15) is 0 Å². The van der Waals surface area contributed by atoms with Crippen molar-refractivity contribution in [1.82, 2.24) is 15.5 Å². The van der Waals surface area contributed by atoms with Crippen LogP contribution >= 0.6 is 0 Å². The molecule has 86 valence electrons. The van der Waals surface area contributed by atoms with Crippen molar-refractivity contribution in [3.8, 4) is 0 Å². The summed E-state index contributed by atoms with van der Waals surface area (Å²) in [5, 5.41) is 13.4. The van der Waals surface area contributed by atoms with Crippen LogP contribution in [0.1, 0.15) is 12.8 Å². The summed E-state index contributed by atoms with van der Waals surface area (Å²) < 4.78 is 16.3. The van der Waals surface area contributed by atoms with E-state index in [0.717, 1.165) is 0 Å². The predicted octanol–water partition coefficient (Wildman–Crippen LogP) is -0.0305. The summed E-state index contributed by atoms with van der Waals surface area (Å²) in [5.74, 6) is 1.81. The van der Waals surface area contributed by atoms with Crippen LogP contribution < -0.4 is 10.6 Å². The fourth-order valence-corrected chi connectivity index (χ4v) is 1.58. The van der Waals surface area contributed by atoms with E-state index in [1.165, 1.54) is 0 Å². The van der Waals surface area contributed by atoms with Crippen LogP contribution in [-0.2, 0) is 17.3 Å². The molecule has 0 fully saturated rings. The van der Waals surface area contributed by atoms with Crippen molar-refractivity contribution >= 4 is 16.8 Å². The van der Waals surface area contributed by atoms with Crippen LogP contribution in [0.3, 0.4) is 0 Å². The number of aromatic nitrogens is 2. The molecule has 1 heterocycles. The standard InChI is InChI=1S/C8H16N4O2S/c1-3-15(13)5-4-10-8-12-11-7(14-8)6-9-2/h9H,3-6H2,1-2H3,(H,10,12).